The molecule has 0 spiro atoms. The maximum Gasteiger partial charge on any atom is 0.201 e. The minimum atomic E-state index is -1.88. The van der Waals surface area contributed by atoms with E-state index < -0.39 is 14.4 Å². The van der Waals surface area contributed by atoms with Gasteiger partial charge in [0.25, 0.3) is 0 Å². The molecule has 2 atom stereocenters. The fourth-order valence-electron chi connectivity index (χ4n) is 5.73. The minimum Gasteiger partial charge on any atom is -0.409 e. The normalized spacial score (nSPS) is 13.8. The molecule has 0 aliphatic heterocycles. The fraction of sp³-hybridized carbons (Fsp3) is 0.419. The summed E-state index contributed by atoms with van der Waals surface area (Å²) in [4.78, 5) is 8.69. The maximum atomic E-state index is 9.49. The van der Waals surface area contributed by atoms with E-state index >= 15 is 0 Å². The Morgan fingerprint density at radius 3 is 1.47 bits per heavy atom. The quantitative estimate of drug-likeness (QED) is 0.257. The summed E-state index contributed by atoms with van der Waals surface area (Å²) in [6.45, 7) is 18.0. The Morgan fingerprint density at radius 1 is 0.611 bits per heavy atom. The molecule has 4 rings (SSSR count). The Labute approximate surface area is 217 Å². The summed E-state index contributed by atoms with van der Waals surface area (Å²) in [5.74, 6) is 0. The number of nitrogens with zero attached hydrogens (tertiary/aromatic N) is 2. The number of pyridine rings is 2. The van der Waals surface area contributed by atoms with Crippen LogP contribution in [0.5, 0.6) is 0 Å². The van der Waals surface area contributed by atoms with Gasteiger partial charge in [0, 0.05) is 23.2 Å². The lowest BCUT2D eigenvalue weighted by molar-refractivity contribution is 0.196. The standard InChI is InChI=1S/C20H31NOSi.C11H11NO/c1-14(2)23(15(3)4,16(5)6)22-17(7)18-12-13-21-20-11-9-8-10-19(18)20;1-8(13)9-6-7-12-11-5-3-2-4-10(9)11/h8-17H,1-7H3;2-8,13H,1H3/t17-;8-/m00/s1. The summed E-state index contributed by atoms with van der Waals surface area (Å²) in [5, 5.41) is 11.7. The number of hydrogen-bond donors (Lipinski definition) is 1. The number of aliphatic hydroxyl groups is 1. The lowest BCUT2D eigenvalue weighted by Crippen LogP contribution is -2.48. The van der Waals surface area contributed by atoms with Crippen molar-refractivity contribution in [2.45, 2.75) is 84.2 Å². The predicted octanol–water partition coefficient (Wildman–Crippen LogP) is 8.78. The second-order valence-corrected chi connectivity index (χ2v) is 16.0. The SMILES string of the molecule is CC(C)[Si](O[C@@H](C)c1ccnc2ccccc12)(C(C)C)C(C)C.C[C@H](O)c1ccnc2ccccc12. The molecule has 2 heterocycles. The molecule has 0 saturated carbocycles. The van der Waals surface area contributed by atoms with Gasteiger partial charge in [-0.2, -0.15) is 0 Å². The zero-order valence-corrected chi connectivity index (χ0v) is 24.1. The first-order valence-corrected chi connectivity index (χ1v) is 15.3. The van der Waals surface area contributed by atoms with Gasteiger partial charge in [-0.3, -0.25) is 9.97 Å². The van der Waals surface area contributed by atoms with Crippen molar-refractivity contribution in [3.05, 3.63) is 84.2 Å². The van der Waals surface area contributed by atoms with E-state index in [4.69, 9.17) is 4.43 Å². The largest absolute Gasteiger partial charge is 0.409 e. The predicted molar refractivity (Wildman–Crippen MR) is 155 cm³/mol. The van der Waals surface area contributed by atoms with Crippen LogP contribution in [0.1, 0.15) is 78.7 Å². The number of para-hydroxylation sites is 2. The van der Waals surface area contributed by atoms with Gasteiger partial charge in [0.15, 0.2) is 0 Å². The molecule has 4 nitrogen and oxygen atoms in total. The first kappa shape index (κ1) is 28.0. The zero-order valence-electron chi connectivity index (χ0n) is 23.1. The molecule has 0 aliphatic rings. The van der Waals surface area contributed by atoms with E-state index in [9.17, 15) is 5.11 Å². The van der Waals surface area contributed by atoms with Gasteiger partial charge >= 0.3 is 0 Å². The molecule has 0 saturated heterocycles. The average Bonchev–Trinajstić information content (AvgIpc) is 2.86. The molecule has 1 N–H and O–H groups in total. The second-order valence-electron chi connectivity index (χ2n) is 10.6. The van der Waals surface area contributed by atoms with Crippen molar-refractivity contribution in [3.63, 3.8) is 0 Å². The van der Waals surface area contributed by atoms with Gasteiger partial charge in [-0.1, -0.05) is 77.9 Å². The number of hydrogen-bond acceptors (Lipinski definition) is 4. The van der Waals surface area contributed by atoms with Crippen LogP contribution < -0.4 is 0 Å². The molecule has 0 fully saturated rings. The summed E-state index contributed by atoms with van der Waals surface area (Å²) in [7, 11) is -1.88. The van der Waals surface area contributed by atoms with Gasteiger partial charge in [0.1, 0.15) is 0 Å². The fourth-order valence-corrected chi connectivity index (χ4v) is 11.3. The van der Waals surface area contributed by atoms with Crippen LogP contribution >= 0.6 is 0 Å². The van der Waals surface area contributed by atoms with Crippen LogP contribution in [0.2, 0.25) is 16.6 Å². The summed E-state index contributed by atoms with van der Waals surface area (Å²) in [6, 6.07) is 20.1. The van der Waals surface area contributed by atoms with Crippen LogP contribution in [0.15, 0.2) is 73.1 Å². The highest BCUT2D eigenvalue weighted by molar-refractivity contribution is 6.77. The average molecular weight is 503 g/mol. The molecule has 0 unspecified atom stereocenters. The lowest BCUT2D eigenvalue weighted by atomic mass is 10.1. The van der Waals surface area contributed by atoms with Crippen molar-refractivity contribution < 1.29 is 9.53 Å². The molecule has 0 amide bonds. The van der Waals surface area contributed by atoms with Gasteiger partial charge < -0.3 is 9.53 Å². The Morgan fingerprint density at radius 2 is 1.03 bits per heavy atom. The van der Waals surface area contributed by atoms with Crippen LogP contribution in [-0.2, 0) is 4.43 Å². The second kappa shape index (κ2) is 12.1. The highest BCUT2D eigenvalue weighted by Gasteiger charge is 2.46. The van der Waals surface area contributed by atoms with Crippen LogP contribution in [0.4, 0.5) is 0 Å². The molecule has 2 aromatic heterocycles. The molecule has 192 valence electrons. The molecule has 4 aromatic rings. The molecule has 36 heavy (non-hydrogen) atoms. The molecule has 0 aliphatic carbocycles. The van der Waals surface area contributed by atoms with Crippen LogP contribution in [-0.4, -0.2) is 23.4 Å². The van der Waals surface area contributed by atoms with E-state index in [1.807, 2.05) is 42.6 Å². The number of aliphatic hydroxyl groups excluding tert-OH is 1. The summed E-state index contributed by atoms with van der Waals surface area (Å²) < 4.78 is 6.93. The Bertz CT molecular complexity index is 1240. The highest BCUT2D eigenvalue weighted by atomic mass is 28.4. The zero-order chi connectivity index (χ0) is 26.5. The Hall–Kier alpha value is -2.60. The van der Waals surface area contributed by atoms with E-state index in [0.29, 0.717) is 16.6 Å². The van der Waals surface area contributed by atoms with Crippen LogP contribution in [0.3, 0.4) is 0 Å². The van der Waals surface area contributed by atoms with Gasteiger partial charge in [-0.15, -0.1) is 0 Å². The van der Waals surface area contributed by atoms with Gasteiger partial charge in [-0.25, -0.2) is 0 Å². The summed E-state index contributed by atoms with van der Waals surface area (Å²) in [6.07, 6.45) is 3.29. The van der Waals surface area contributed by atoms with E-state index in [1.165, 1.54) is 10.9 Å². The first-order chi connectivity index (χ1) is 17.1. The van der Waals surface area contributed by atoms with Crippen molar-refractivity contribution in [1.82, 2.24) is 9.97 Å². The van der Waals surface area contributed by atoms with Crippen LogP contribution in [0.25, 0.3) is 21.8 Å². The molecular formula is C31H42N2O2Si. The maximum absolute atomic E-state index is 9.49. The van der Waals surface area contributed by atoms with Crippen molar-refractivity contribution in [1.29, 1.82) is 0 Å². The molecule has 0 bridgehead atoms. The smallest absolute Gasteiger partial charge is 0.201 e. The van der Waals surface area contributed by atoms with Gasteiger partial charge in [-0.05, 0) is 65.9 Å². The molecule has 0 radical (unpaired) electrons. The Kier molecular flexibility index (Phi) is 9.39. The topological polar surface area (TPSA) is 55.2 Å². The third kappa shape index (κ3) is 5.85. The third-order valence-electron chi connectivity index (χ3n) is 7.34. The van der Waals surface area contributed by atoms with Gasteiger partial charge in [0.05, 0.1) is 23.2 Å². The molecule has 2 aromatic carbocycles. The number of benzene rings is 2. The number of fused-ring (bicyclic) bond motifs is 2. The number of aromatic nitrogens is 2. The van der Waals surface area contributed by atoms with E-state index in [-0.39, 0.29) is 6.10 Å². The first-order valence-electron chi connectivity index (χ1n) is 13.1. The summed E-state index contributed by atoms with van der Waals surface area (Å²) >= 11 is 0. The van der Waals surface area contributed by atoms with Crippen molar-refractivity contribution >= 4 is 30.1 Å². The Balaban J connectivity index is 0.000000233. The number of rotatable bonds is 7. The lowest BCUT2D eigenvalue weighted by Gasteiger charge is -2.44. The summed E-state index contributed by atoms with van der Waals surface area (Å²) in [5.41, 5.74) is 5.96. The van der Waals surface area contributed by atoms with E-state index in [2.05, 4.69) is 82.7 Å². The van der Waals surface area contributed by atoms with E-state index in [0.717, 1.165) is 22.0 Å². The highest BCUT2D eigenvalue weighted by Crippen LogP contribution is 2.45. The van der Waals surface area contributed by atoms with Crippen LogP contribution in [0, 0.1) is 0 Å². The molecular weight excluding hydrogens is 460 g/mol. The minimum absolute atomic E-state index is 0.0989. The monoisotopic (exact) mass is 502 g/mol. The van der Waals surface area contributed by atoms with Crippen molar-refractivity contribution in [3.8, 4) is 0 Å². The van der Waals surface area contributed by atoms with Crippen molar-refractivity contribution in [2.75, 3.05) is 0 Å². The van der Waals surface area contributed by atoms with Gasteiger partial charge in [0.2, 0.25) is 8.32 Å². The molecule has 5 heteroatoms. The third-order valence-corrected chi connectivity index (χ3v) is 13.5. The van der Waals surface area contributed by atoms with E-state index in [1.54, 1.807) is 13.1 Å². The van der Waals surface area contributed by atoms with Crippen molar-refractivity contribution in [2.24, 2.45) is 0 Å².